The van der Waals surface area contributed by atoms with Crippen molar-refractivity contribution in [3.8, 4) is 0 Å². The Morgan fingerprint density at radius 3 is 1.78 bits per heavy atom. The van der Waals surface area contributed by atoms with Gasteiger partial charge in [0.2, 0.25) is 3.79 Å². The zero-order chi connectivity index (χ0) is 14.9. The number of aldehydes is 1. The van der Waals surface area contributed by atoms with Crippen molar-refractivity contribution in [3.05, 3.63) is 0 Å². The lowest BCUT2D eigenvalue weighted by Gasteiger charge is -2.41. The Labute approximate surface area is 123 Å². The maximum atomic E-state index is 12.2. The number of halogens is 3. The van der Waals surface area contributed by atoms with Crippen LogP contribution in [0.3, 0.4) is 0 Å². The lowest BCUT2D eigenvalue weighted by Crippen LogP contribution is -2.52. The molecule has 3 nitrogen and oxygen atoms in total. The first kappa shape index (κ1) is 17.9. The molecule has 0 bridgehead atoms. The lowest BCUT2D eigenvalue weighted by atomic mass is 9.61. The fourth-order valence-electron chi connectivity index (χ4n) is 1.79. The van der Waals surface area contributed by atoms with Gasteiger partial charge in [0.25, 0.3) is 0 Å². The van der Waals surface area contributed by atoms with E-state index in [1.807, 2.05) is 0 Å². The normalized spacial score (nSPS) is 16.3. The Kier molecular flexibility index (Phi) is 5.44. The number of nitrogens with one attached hydrogen (secondary N) is 1. The molecule has 0 heterocycles. The standard InChI is InChI=1S/C12H18Cl3NO2/c1-7(2)8(18)10(3,4)11(5,6-17)9(16)12(13,14)15/h6-7,16H,1-5H3. The van der Waals surface area contributed by atoms with Gasteiger partial charge in [0.1, 0.15) is 12.1 Å². The fourth-order valence-corrected chi connectivity index (χ4v) is 2.38. The molecular weight excluding hydrogens is 296 g/mol. The molecule has 1 N–H and O–H groups in total. The van der Waals surface area contributed by atoms with Crippen LogP contribution < -0.4 is 0 Å². The van der Waals surface area contributed by atoms with Gasteiger partial charge in [0.05, 0.1) is 11.1 Å². The number of carbonyl (C=O) groups excluding carboxylic acids is 2. The minimum atomic E-state index is -2.01. The number of alkyl halides is 3. The van der Waals surface area contributed by atoms with Crippen LogP contribution in [-0.2, 0) is 9.59 Å². The first-order valence-corrected chi connectivity index (χ1v) is 6.62. The first-order chi connectivity index (χ1) is 7.82. The van der Waals surface area contributed by atoms with Crippen LogP contribution in [0.5, 0.6) is 0 Å². The summed E-state index contributed by atoms with van der Waals surface area (Å²) in [4.78, 5) is 23.6. The summed E-state index contributed by atoms with van der Waals surface area (Å²) in [6, 6.07) is 0. The van der Waals surface area contributed by atoms with E-state index in [1.165, 1.54) is 6.92 Å². The summed E-state index contributed by atoms with van der Waals surface area (Å²) in [5.41, 5.74) is -2.97. The van der Waals surface area contributed by atoms with Gasteiger partial charge in [-0.05, 0) is 6.92 Å². The third-order valence-corrected chi connectivity index (χ3v) is 4.04. The predicted octanol–water partition coefficient (Wildman–Crippen LogP) is 3.83. The van der Waals surface area contributed by atoms with Crippen LogP contribution in [0.2, 0.25) is 0 Å². The summed E-state index contributed by atoms with van der Waals surface area (Å²) in [6.07, 6.45) is 0.511. The minimum absolute atomic E-state index is 0.156. The SMILES string of the molecule is CC(C)C(=O)C(C)(C)C(C)(C=O)C(=N)C(Cl)(Cl)Cl. The van der Waals surface area contributed by atoms with E-state index < -0.39 is 20.3 Å². The maximum absolute atomic E-state index is 12.2. The average molecular weight is 315 g/mol. The van der Waals surface area contributed by atoms with Crippen LogP contribution in [0.1, 0.15) is 34.6 Å². The van der Waals surface area contributed by atoms with Crippen molar-refractivity contribution in [2.24, 2.45) is 16.7 Å². The summed E-state index contributed by atoms with van der Waals surface area (Å²) in [6.45, 7) is 8.09. The van der Waals surface area contributed by atoms with Crippen LogP contribution in [0.15, 0.2) is 0 Å². The van der Waals surface area contributed by atoms with Gasteiger partial charge >= 0.3 is 0 Å². The summed E-state index contributed by atoms with van der Waals surface area (Å²) in [5.74, 6) is -0.432. The van der Waals surface area contributed by atoms with E-state index in [4.69, 9.17) is 40.2 Å². The van der Waals surface area contributed by atoms with E-state index in [0.29, 0.717) is 6.29 Å². The van der Waals surface area contributed by atoms with Crippen molar-refractivity contribution < 1.29 is 9.59 Å². The molecule has 1 atom stereocenters. The summed E-state index contributed by atoms with van der Waals surface area (Å²) >= 11 is 17.0. The van der Waals surface area contributed by atoms with Crippen LogP contribution in [0, 0.1) is 22.2 Å². The fraction of sp³-hybridized carbons (Fsp3) is 0.750. The lowest BCUT2D eigenvalue weighted by molar-refractivity contribution is -0.138. The van der Waals surface area contributed by atoms with Crippen LogP contribution in [0.25, 0.3) is 0 Å². The number of rotatable bonds is 5. The Bertz CT molecular complexity index is 372. The molecule has 0 fully saturated rings. The number of hydrogen-bond acceptors (Lipinski definition) is 3. The minimum Gasteiger partial charge on any atom is -0.304 e. The van der Waals surface area contributed by atoms with E-state index in [9.17, 15) is 9.59 Å². The molecule has 0 aliphatic rings. The molecule has 0 aromatic heterocycles. The van der Waals surface area contributed by atoms with E-state index in [0.717, 1.165) is 0 Å². The van der Waals surface area contributed by atoms with Crippen molar-refractivity contribution in [1.82, 2.24) is 0 Å². The Hall–Kier alpha value is -0.120. The van der Waals surface area contributed by atoms with Crippen LogP contribution >= 0.6 is 34.8 Å². The molecule has 0 aromatic carbocycles. The first-order valence-electron chi connectivity index (χ1n) is 5.49. The van der Waals surface area contributed by atoms with Crippen molar-refractivity contribution >= 4 is 52.6 Å². The van der Waals surface area contributed by atoms with Crippen molar-refractivity contribution in [2.75, 3.05) is 0 Å². The molecule has 0 saturated carbocycles. The third kappa shape index (κ3) is 3.06. The molecule has 104 valence electrons. The quantitative estimate of drug-likeness (QED) is 0.476. The molecule has 0 saturated heterocycles. The number of ketones is 1. The van der Waals surface area contributed by atoms with Crippen LogP contribution in [-0.4, -0.2) is 21.6 Å². The molecule has 0 rings (SSSR count). The van der Waals surface area contributed by atoms with Gasteiger partial charge in [-0.2, -0.15) is 0 Å². The van der Waals surface area contributed by atoms with E-state index >= 15 is 0 Å². The highest BCUT2D eigenvalue weighted by Crippen LogP contribution is 2.46. The van der Waals surface area contributed by atoms with Crippen LogP contribution in [0.4, 0.5) is 0 Å². The Morgan fingerprint density at radius 2 is 1.56 bits per heavy atom. The summed E-state index contributed by atoms with van der Waals surface area (Å²) in [5, 5.41) is 7.90. The number of Topliss-reactive ketones (excluding diaryl/α,β-unsaturated/α-hetero) is 1. The summed E-state index contributed by atoms with van der Waals surface area (Å²) in [7, 11) is 0. The largest absolute Gasteiger partial charge is 0.304 e. The molecule has 0 aliphatic heterocycles. The topological polar surface area (TPSA) is 58.0 Å². The second-order valence-corrected chi connectivity index (χ2v) is 7.62. The molecule has 0 amide bonds. The van der Waals surface area contributed by atoms with Crippen molar-refractivity contribution in [1.29, 1.82) is 5.41 Å². The van der Waals surface area contributed by atoms with E-state index in [1.54, 1.807) is 27.7 Å². The molecule has 6 heteroatoms. The summed E-state index contributed by atoms with van der Waals surface area (Å²) < 4.78 is -2.01. The molecule has 18 heavy (non-hydrogen) atoms. The van der Waals surface area contributed by atoms with Gasteiger partial charge in [-0.3, -0.25) is 4.79 Å². The molecule has 0 spiro atoms. The average Bonchev–Trinajstić information content (AvgIpc) is 2.23. The van der Waals surface area contributed by atoms with Crippen molar-refractivity contribution in [3.63, 3.8) is 0 Å². The second-order valence-electron chi connectivity index (χ2n) is 5.34. The molecule has 0 aromatic rings. The van der Waals surface area contributed by atoms with E-state index in [-0.39, 0.29) is 11.7 Å². The smallest absolute Gasteiger partial charge is 0.229 e. The zero-order valence-corrected chi connectivity index (χ0v) is 13.4. The monoisotopic (exact) mass is 313 g/mol. The van der Waals surface area contributed by atoms with Gasteiger partial charge in [0.15, 0.2) is 0 Å². The predicted molar refractivity (Wildman–Crippen MR) is 75.8 cm³/mol. The molecule has 0 aliphatic carbocycles. The third-order valence-electron chi connectivity index (χ3n) is 3.48. The molecular formula is C12H18Cl3NO2. The van der Waals surface area contributed by atoms with Gasteiger partial charge in [-0.1, -0.05) is 62.5 Å². The van der Waals surface area contributed by atoms with Crippen molar-refractivity contribution in [2.45, 2.75) is 38.4 Å². The van der Waals surface area contributed by atoms with Gasteiger partial charge in [0, 0.05) is 11.3 Å². The highest BCUT2D eigenvalue weighted by molar-refractivity contribution is 6.77. The molecule has 1 unspecified atom stereocenters. The highest BCUT2D eigenvalue weighted by atomic mass is 35.6. The second kappa shape index (κ2) is 5.48. The van der Waals surface area contributed by atoms with Gasteiger partial charge in [-0.25, -0.2) is 0 Å². The molecule has 0 radical (unpaired) electrons. The number of hydrogen-bond donors (Lipinski definition) is 1. The zero-order valence-electron chi connectivity index (χ0n) is 11.1. The Morgan fingerprint density at radius 1 is 1.17 bits per heavy atom. The maximum Gasteiger partial charge on any atom is 0.229 e. The van der Waals surface area contributed by atoms with Gasteiger partial charge in [-0.15, -0.1) is 0 Å². The number of carbonyl (C=O) groups is 2. The van der Waals surface area contributed by atoms with E-state index in [2.05, 4.69) is 0 Å². The van der Waals surface area contributed by atoms with Gasteiger partial charge < -0.3 is 10.2 Å². The highest BCUT2D eigenvalue weighted by Gasteiger charge is 2.54. The Balaban J connectivity index is 5.76.